The molecule has 1 amide bonds. The molecule has 0 aromatic heterocycles. The predicted molar refractivity (Wildman–Crippen MR) is 128 cm³/mol. The summed E-state index contributed by atoms with van der Waals surface area (Å²) < 4.78 is 33.6. The third-order valence-electron chi connectivity index (χ3n) is 4.55. The number of rotatable bonds is 8. The number of benzene rings is 3. The second-order valence-electron chi connectivity index (χ2n) is 7.50. The summed E-state index contributed by atoms with van der Waals surface area (Å²) in [5, 5.41) is 3.13. The van der Waals surface area contributed by atoms with E-state index < -0.39 is 22.5 Å². The van der Waals surface area contributed by atoms with E-state index in [0.717, 1.165) is 4.31 Å². The third kappa shape index (κ3) is 5.81. The van der Waals surface area contributed by atoms with E-state index in [1.165, 1.54) is 12.1 Å². The van der Waals surface area contributed by atoms with Crippen molar-refractivity contribution in [3.63, 3.8) is 0 Å². The van der Waals surface area contributed by atoms with Crippen LogP contribution in [0.4, 0.5) is 11.4 Å². The second-order valence-corrected chi connectivity index (χ2v) is 9.80. The first kappa shape index (κ1) is 23.6. The Hall–Kier alpha value is -3.03. The molecule has 6 nitrogen and oxygen atoms in total. The van der Waals surface area contributed by atoms with E-state index in [0.29, 0.717) is 27.7 Å². The maximum absolute atomic E-state index is 13.4. The highest BCUT2D eigenvalue weighted by molar-refractivity contribution is 7.92. The second kappa shape index (κ2) is 10.1. The Labute approximate surface area is 193 Å². The predicted octanol–water partition coefficient (Wildman–Crippen LogP) is 5.27. The van der Waals surface area contributed by atoms with Crippen LogP contribution in [0.5, 0.6) is 5.75 Å². The lowest BCUT2D eigenvalue weighted by atomic mass is 10.2. The highest BCUT2D eigenvalue weighted by atomic mass is 35.5. The van der Waals surface area contributed by atoms with E-state index in [2.05, 4.69) is 5.32 Å². The summed E-state index contributed by atoms with van der Waals surface area (Å²) in [4.78, 5) is 13.0. The lowest BCUT2D eigenvalue weighted by Gasteiger charge is -2.26. The van der Waals surface area contributed by atoms with Gasteiger partial charge in [-0.15, -0.1) is 0 Å². The number of hydrogen-bond donors (Lipinski definition) is 1. The van der Waals surface area contributed by atoms with Crippen LogP contribution in [0.25, 0.3) is 0 Å². The van der Waals surface area contributed by atoms with E-state index in [-0.39, 0.29) is 11.0 Å². The van der Waals surface area contributed by atoms with Crippen molar-refractivity contribution in [2.75, 3.05) is 16.2 Å². The fourth-order valence-corrected chi connectivity index (χ4v) is 4.79. The molecule has 0 aliphatic heterocycles. The zero-order chi connectivity index (χ0) is 23.3. The summed E-state index contributed by atoms with van der Waals surface area (Å²) in [6.45, 7) is 5.16. The van der Waals surface area contributed by atoms with Gasteiger partial charge in [-0.05, 0) is 62.7 Å². The maximum atomic E-state index is 13.4. The first-order valence-electron chi connectivity index (χ1n) is 10.1. The minimum absolute atomic E-state index is 0.0155. The number of ether oxygens (including phenoxy) is 1. The number of nitrogens with one attached hydrogen (secondary N) is 1. The van der Waals surface area contributed by atoms with Crippen molar-refractivity contribution in [1.82, 2.24) is 0 Å². The van der Waals surface area contributed by atoms with Gasteiger partial charge in [-0.2, -0.15) is 0 Å². The monoisotopic (exact) mass is 472 g/mol. The van der Waals surface area contributed by atoms with Crippen LogP contribution in [0.3, 0.4) is 0 Å². The summed E-state index contributed by atoms with van der Waals surface area (Å²) in [6.07, 6.45) is -0.0155. The Balaban J connectivity index is 1.93. The number of anilines is 2. The zero-order valence-electron chi connectivity index (χ0n) is 18.1. The largest absolute Gasteiger partial charge is 0.491 e. The molecule has 0 aliphatic carbocycles. The molecule has 0 fully saturated rings. The quantitative estimate of drug-likeness (QED) is 0.484. The van der Waals surface area contributed by atoms with Gasteiger partial charge in [0.25, 0.3) is 10.0 Å². The topological polar surface area (TPSA) is 75.7 Å². The van der Waals surface area contributed by atoms with Crippen LogP contribution in [0.1, 0.15) is 19.4 Å². The summed E-state index contributed by atoms with van der Waals surface area (Å²) in [7, 11) is -4.02. The number of hydrogen-bond acceptors (Lipinski definition) is 4. The van der Waals surface area contributed by atoms with Crippen molar-refractivity contribution < 1.29 is 17.9 Å². The lowest BCUT2D eigenvalue weighted by molar-refractivity contribution is -0.114. The van der Waals surface area contributed by atoms with Gasteiger partial charge in [0.15, 0.2) is 0 Å². The summed E-state index contributed by atoms with van der Waals surface area (Å²) >= 11 is 6.15. The minimum Gasteiger partial charge on any atom is -0.491 e. The van der Waals surface area contributed by atoms with Crippen LogP contribution in [-0.4, -0.2) is 27.0 Å². The molecular formula is C24H25ClN2O4S. The van der Waals surface area contributed by atoms with Gasteiger partial charge in [0.1, 0.15) is 12.3 Å². The van der Waals surface area contributed by atoms with E-state index in [4.69, 9.17) is 16.3 Å². The molecular weight excluding hydrogens is 448 g/mol. The summed E-state index contributed by atoms with van der Waals surface area (Å²) in [6, 6.07) is 19.9. The Kier molecular flexibility index (Phi) is 7.43. The Bertz CT molecular complexity index is 1200. The van der Waals surface area contributed by atoms with Gasteiger partial charge < -0.3 is 10.1 Å². The molecule has 0 radical (unpaired) electrons. The highest BCUT2D eigenvalue weighted by Gasteiger charge is 2.28. The molecule has 3 aromatic rings. The lowest BCUT2D eigenvalue weighted by Crippen LogP contribution is -2.38. The van der Waals surface area contributed by atoms with Gasteiger partial charge >= 0.3 is 0 Å². The van der Waals surface area contributed by atoms with E-state index in [1.54, 1.807) is 67.6 Å². The summed E-state index contributed by atoms with van der Waals surface area (Å²) in [5.74, 6) is 0.114. The van der Waals surface area contributed by atoms with Gasteiger partial charge in [0, 0.05) is 16.8 Å². The average Bonchev–Trinajstić information content (AvgIpc) is 2.74. The fraction of sp³-hybridized carbons (Fsp3) is 0.208. The molecule has 0 unspecified atom stereocenters. The number of halogens is 1. The Morgan fingerprint density at radius 3 is 2.44 bits per heavy atom. The average molecular weight is 473 g/mol. The van der Waals surface area contributed by atoms with Gasteiger partial charge in [0.05, 0.1) is 16.7 Å². The molecule has 0 bridgehead atoms. The molecule has 8 heteroatoms. The number of carbonyl (C=O) groups is 1. The van der Waals surface area contributed by atoms with Gasteiger partial charge in [-0.25, -0.2) is 8.42 Å². The smallest absolute Gasteiger partial charge is 0.264 e. The molecule has 3 rings (SSSR count). The van der Waals surface area contributed by atoms with Gasteiger partial charge in [-0.3, -0.25) is 9.10 Å². The SMILES string of the molecule is Cc1ccc(Cl)cc1N(CC(=O)Nc1cccc(OC(C)C)c1)S(=O)(=O)c1ccccc1. The van der Waals surface area contributed by atoms with Gasteiger partial charge in [-0.1, -0.05) is 41.9 Å². The van der Waals surface area contributed by atoms with Crippen molar-refractivity contribution in [3.05, 3.63) is 83.4 Å². The standard InChI is InChI=1S/C24H25ClN2O4S/c1-17(2)31-21-9-7-8-20(15-21)26-24(28)16-27(23-14-19(25)13-12-18(23)3)32(29,30)22-10-5-4-6-11-22/h4-15,17H,16H2,1-3H3,(H,26,28). The van der Waals surface area contributed by atoms with Crippen molar-refractivity contribution >= 4 is 38.9 Å². The van der Waals surface area contributed by atoms with Crippen molar-refractivity contribution in [2.24, 2.45) is 0 Å². The molecule has 0 saturated heterocycles. The molecule has 0 heterocycles. The van der Waals surface area contributed by atoms with Crippen molar-refractivity contribution in [3.8, 4) is 5.75 Å². The normalized spacial score (nSPS) is 11.3. The zero-order valence-corrected chi connectivity index (χ0v) is 19.7. The van der Waals surface area contributed by atoms with E-state index in [9.17, 15) is 13.2 Å². The van der Waals surface area contributed by atoms with Crippen LogP contribution in [-0.2, 0) is 14.8 Å². The van der Waals surface area contributed by atoms with Crippen LogP contribution in [0, 0.1) is 6.92 Å². The van der Waals surface area contributed by atoms with Crippen LogP contribution in [0.2, 0.25) is 5.02 Å². The first-order valence-corrected chi connectivity index (χ1v) is 11.9. The molecule has 0 aliphatic rings. The third-order valence-corrected chi connectivity index (χ3v) is 6.56. The molecule has 0 atom stereocenters. The van der Waals surface area contributed by atoms with E-state index >= 15 is 0 Å². The number of sulfonamides is 1. The fourth-order valence-electron chi connectivity index (χ4n) is 3.12. The number of carbonyl (C=O) groups excluding carboxylic acids is 1. The molecule has 0 spiro atoms. The van der Waals surface area contributed by atoms with Crippen LogP contribution >= 0.6 is 11.6 Å². The van der Waals surface area contributed by atoms with Crippen LogP contribution < -0.4 is 14.4 Å². The molecule has 1 N–H and O–H groups in total. The number of nitrogens with zero attached hydrogens (tertiary/aromatic N) is 1. The molecule has 3 aromatic carbocycles. The number of aryl methyl sites for hydroxylation is 1. The Morgan fingerprint density at radius 2 is 1.75 bits per heavy atom. The molecule has 32 heavy (non-hydrogen) atoms. The van der Waals surface area contributed by atoms with Crippen molar-refractivity contribution in [1.29, 1.82) is 0 Å². The first-order chi connectivity index (χ1) is 15.2. The molecule has 168 valence electrons. The van der Waals surface area contributed by atoms with Gasteiger partial charge in [0.2, 0.25) is 5.91 Å². The Morgan fingerprint density at radius 1 is 1.03 bits per heavy atom. The molecule has 0 saturated carbocycles. The van der Waals surface area contributed by atoms with E-state index in [1.807, 2.05) is 13.8 Å². The minimum atomic E-state index is -4.02. The van der Waals surface area contributed by atoms with Crippen LogP contribution in [0.15, 0.2) is 77.7 Å². The maximum Gasteiger partial charge on any atom is 0.264 e. The summed E-state index contributed by atoms with van der Waals surface area (Å²) in [5.41, 5.74) is 1.52. The number of amides is 1. The highest BCUT2D eigenvalue weighted by Crippen LogP contribution is 2.29. The van der Waals surface area contributed by atoms with Crippen molar-refractivity contribution in [2.45, 2.75) is 31.8 Å².